The predicted octanol–water partition coefficient (Wildman–Crippen LogP) is 1.40. The fourth-order valence-electron chi connectivity index (χ4n) is 1.05. The van der Waals surface area contributed by atoms with E-state index in [2.05, 4.69) is 5.32 Å². The van der Waals surface area contributed by atoms with Crippen LogP contribution in [-0.2, 0) is 6.54 Å². The molecule has 78 valence electrons. The van der Waals surface area contributed by atoms with Crippen LogP contribution in [-0.4, -0.2) is 12.6 Å². The van der Waals surface area contributed by atoms with Crippen LogP contribution in [0.4, 0.5) is 8.78 Å². The summed E-state index contributed by atoms with van der Waals surface area (Å²) in [5.74, 6) is -0.827. The normalized spacial score (nSPS) is 12.9. The summed E-state index contributed by atoms with van der Waals surface area (Å²) in [5, 5.41) is 2.98. The Morgan fingerprint density at radius 2 is 2.14 bits per heavy atom. The van der Waals surface area contributed by atoms with Crippen LogP contribution in [0.2, 0.25) is 0 Å². The standard InChI is InChI=1S/C10H14F2N2/c1-7(5-13)14-6-8-4-9(11)2-3-10(8)12/h2-4,7,14H,5-6,13H2,1H3/t7-/m0/s1. The van der Waals surface area contributed by atoms with Crippen molar-refractivity contribution in [2.75, 3.05) is 6.54 Å². The lowest BCUT2D eigenvalue weighted by Gasteiger charge is -2.11. The minimum Gasteiger partial charge on any atom is -0.329 e. The van der Waals surface area contributed by atoms with Crippen LogP contribution in [0.3, 0.4) is 0 Å². The van der Waals surface area contributed by atoms with Crippen LogP contribution in [0.15, 0.2) is 18.2 Å². The maximum Gasteiger partial charge on any atom is 0.127 e. The number of benzene rings is 1. The van der Waals surface area contributed by atoms with Gasteiger partial charge in [0.25, 0.3) is 0 Å². The smallest absolute Gasteiger partial charge is 0.127 e. The van der Waals surface area contributed by atoms with E-state index in [1.54, 1.807) is 0 Å². The largest absolute Gasteiger partial charge is 0.329 e. The van der Waals surface area contributed by atoms with Gasteiger partial charge >= 0.3 is 0 Å². The summed E-state index contributed by atoms with van der Waals surface area (Å²) >= 11 is 0. The third kappa shape index (κ3) is 3.05. The Hall–Kier alpha value is -1.00. The molecule has 14 heavy (non-hydrogen) atoms. The molecule has 2 nitrogen and oxygen atoms in total. The highest BCUT2D eigenvalue weighted by atomic mass is 19.1. The Balaban J connectivity index is 2.62. The van der Waals surface area contributed by atoms with Gasteiger partial charge in [0.15, 0.2) is 0 Å². The molecule has 0 aliphatic carbocycles. The van der Waals surface area contributed by atoms with Crippen LogP contribution in [0.5, 0.6) is 0 Å². The van der Waals surface area contributed by atoms with E-state index in [-0.39, 0.29) is 6.04 Å². The minimum absolute atomic E-state index is 0.0951. The molecule has 0 amide bonds. The molecule has 0 aliphatic heterocycles. The second-order valence-corrected chi connectivity index (χ2v) is 3.25. The molecule has 0 saturated heterocycles. The quantitative estimate of drug-likeness (QED) is 0.771. The van der Waals surface area contributed by atoms with Crippen molar-refractivity contribution >= 4 is 0 Å². The first-order chi connectivity index (χ1) is 6.63. The molecule has 0 spiro atoms. The molecule has 3 N–H and O–H groups in total. The number of hydrogen-bond donors (Lipinski definition) is 2. The van der Waals surface area contributed by atoms with Crippen molar-refractivity contribution in [3.8, 4) is 0 Å². The maximum atomic E-state index is 13.1. The van der Waals surface area contributed by atoms with Crippen molar-refractivity contribution in [3.05, 3.63) is 35.4 Å². The Labute approximate surface area is 82.1 Å². The predicted molar refractivity (Wildman–Crippen MR) is 51.7 cm³/mol. The third-order valence-corrected chi connectivity index (χ3v) is 2.00. The van der Waals surface area contributed by atoms with Crippen LogP contribution < -0.4 is 11.1 Å². The fraction of sp³-hybridized carbons (Fsp3) is 0.400. The monoisotopic (exact) mass is 200 g/mol. The highest BCUT2D eigenvalue weighted by Crippen LogP contribution is 2.09. The van der Waals surface area contributed by atoms with Crippen molar-refractivity contribution in [2.45, 2.75) is 19.5 Å². The van der Waals surface area contributed by atoms with Crippen molar-refractivity contribution in [2.24, 2.45) is 5.73 Å². The summed E-state index contributed by atoms with van der Waals surface area (Å²) in [4.78, 5) is 0. The molecule has 4 heteroatoms. The Morgan fingerprint density at radius 1 is 1.43 bits per heavy atom. The first-order valence-electron chi connectivity index (χ1n) is 4.51. The van der Waals surface area contributed by atoms with Gasteiger partial charge in [-0.2, -0.15) is 0 Å². The zero-order chi connectivity index (χ0) is 10.6. The van der Waals surface area contributed by atoms with Crippen molar-refractivity contribution in [1.29, 1.82) is 0 Å². The molecular formula is C10H14F2N2. The summed E-state index contributed by atoms with van der Waals surface area (Å²) in [5.41, 5.74) is 5.70. The topological polar surface area (TPSA) is 38.0 Å². The molecule has 0 bridgehead atoms. The van der Waals surface area contributed by atoms with Crippen LogP contribution in [0.25, 0.3) is 0 Å². The molecular weight excluding hydrogens is 186 g/mol. The number of halogens is 2. The summed E-state index contributed by atoms with van der Waals surface area (Å²) < 4.78 is 25.8. The van der Waals surface area contributed by atoms with Crippen molar-refractivity contribution in [1.82, 2.24) is 5.32 Å². The van der Waals surface area contributed by atoms with Gasteiger partial charge in [0, 0.05) is 24.7 Å². The van der Waals surface area contributed by atoms with Gasteiger partial charge in [-0.3, -0.25) is 0 Å². The molecule has 0 heterocycles. The van der Waals surface area contributed by atoms with Gasteiger partial charge in [-0.1, -0.05) is 0 Å². The van der Waals surface area contributed by atoms with E-state index in [1.807, 2.05) is 6.92 Å². The summed E-state index contributed by atoms with van der Waals surface area (Å²) in [7, 11) is 0. The Bertz CT molecular complexity index is 302. The van der Waals surface area contributed by atoms with E-state index in [0.29, 0.717) is 18.7 Å². The molecule has 1 aromatic carbocycles. The van der Waals surface area contributed by atoms with Crippen LogP contribution >= 0.6 is 0 Å². The lowest BCUT2D eigenvalue weighted by molar-refractivity contribution is 0.527. The average molecular weight is 200 g/mol. The minimum atomic E-state index is -0.427. The van der Waals surface area contributed by atoms with Crippen molar-refractivity contribution < 1.29 is 8.78 Å². The molecule has 1 atom stereocenters. The second-order valence-electron chi connectivity index (χ2n) is 3.25. The third-order valence-electron chi connectivity index (χ3n) is 2.00. The van der Waals surface area contributed by atoms with E-state index in [4.69, 9.17) is 5.73 Å². The SMILES string of the molecule is C[C@@H](CN)NCc1cc(F)ccc1F. The van der Waals surface area contributed by atoms with E-state index in [0.717, 1.165) is 12.1 Å². The van der Waals surface area contributed by atoms with Gasteiger partial charge < -0.3 is 11.1 Å². The molecule has 0 fully saturated rings. The fourth-order valence-corrected chi connectivity index (χ4v) is 1.05. The van der Waals surface area contributed by atoms with E-state index in [1.165, 1.54) is 6.07 Å². The van der Waals surface area contributed by atoms with E-state index < -0.39 is 11.6 Å². The van der Waals surface area contributed by atoms with Gasteiger partial charge in [-0.25, -0.2) is 8.78 Å². The highest BCUT2D eigenvalue weighted by Gasteiger charge is 2.04. The van der Waals surface area contributed by atoms with Gasteiger partial charge in [-0.05, 0) is 25.1 Å². The molecule has 0 aromatic heterocycles. The van der Waals surface area contributed by atoms with Gasteiger partial charge in [-0.15, -0.1) is 0 Å². The summed E-state index contributed by atoms with van der Waals surface area (Å²) in [6.07, 6.45) is 0. The van der Waals surface area contributed by atoms with E-state index >= 15 is 0 Å². The molecule has 1 aromatic rings. The van der Waals surface area contributed by atoms with Crippen LogP contribution in [0.1, 0.15) is 12.5 Å². The summed E-state index contributed by atoms with van der Waals surface area (Å²) in [6.45, 7) is 2.65. The highest BCUT2D eigenvalue weighted by molar-refractivity contribution is 5.18. The Morgan fingerprint density at radius 3 is 2.79 bits per heavy atom. The number of hydrogen-bond acceptors (Lipinski definition) is 2. The average Bonchev–Trinajstić information content (AvgIpc) is 2.19. The first kappa shape index (κ1) is 11.1. The lowest BCUT2D eigenvalue weighted by Crippen LogP contribution is -2.32. The maximum absolute atomic E-state index is 13.1. The molecule has 0 radical (unpaired) electrons. The van der Waals surface area contributed by atoms with Crippen LogP contribution in [0, 0.1) is 11.6 Å². The van der Waals surface area contributed by atoms with Gasteiger partial charge in [0.2, 0.25) is 0 Å². The zero-order valence-electron chi connectivity index (χ0n) is 8.06. The molecule has 1 rings (SSSR count). The van der Waals surface area contributed by atoms with E-state index in [9.17, 15) is 8.78 Å². The molecule has 0 unspecified atom stereocenters. The zero-order valence-corrected chi connectivity index (χ0v) is 8.06. The number of nitrogens with one attached hydrogen (secondary N) is 1. The van der Waals surface area contributed by atoms with Gasteiger partial charge in [0.1, 0.15) is 11.6 Å². The number of rotatable bonds is 4. The van der Waals surface area contributed by atoms with Crippen molar-refractivity contribution in [3.63, 3.8) is 0 Å². The van der Waals surface area contributed by atoms with Gasteiger partial charge in [0.05, 0.1) is 0 Å². The Kier molecular flexibility index (Phi) is 3.98. The molecule has 0 saturated carbocycles. The lowest BCUT2D eigenvalue weighted by atomic mass is 10.2. The second kappa shape index (κ2) is 5.02. The summed E-state index contributed by atoms with van der Waals surface area (Å²) in [6, 6.07) is 3.51. The number of nitrogens with two attached hydrogens (primary N) is 1. The first-order valence-corrected chi connectivity index (χ1v) is 4.51. The molecule has 0 aliphatic rings.